The van der Waals surface area contributed by atoms with Crippen LogP contribution in [0.4, 0.5) is 13.6 Å². The van der Waals surface area contributed by atoms with Gasteiger partial charge >= 0.3 is 6.09 Å². The predicted molar refractivity (Wildman–Crippen MR) is 82.3 cm³/mol. The lowest BCUT2D eigenvalue weighted by atomic mass is 10.3. The zero-order chi connectivity index (χ0) is 16.8. The monoisotopic (exact) mass is 344 g/mol. The molecule has 1 aliphatic heterocycles. The first kappa shape index (κ1) is 17.5. The molecular weight excluding hydrogens is 326 g/mol. The number of piperazine rings is 1. The molecule has 0 radical (unpaired) electrons. The Morgan fingerprint density at radius 1 is 1.13 bits per heavy atom. The van der Waals surface area contributed by atoms with Crippen molar-refractivity contribution in [2.24, 2.45) is 0 Å². The predicted octanol–water partition coefficient (Wildman–Crippen LogP) is 2.36. The smallest absolute Gasteiger partial charge is 0.409 e. The number of halogens is 2. The molecule has 0 unspecified atom stereocenters. The molecule has 2 amide bonds. The topological polar surface area (TPSA) is 49.9 Å². The van der Waals surface area contributed by atoms with Crippen molar-refractivity contribution < 1.29 is 23.1 Å². The summed E-state index contributed by atoms with van der Waals surface area (Å²) in [6.07, 6.45) is -0.365. The Balaban J connectivity index is 1.79. The molecule has 0 aliphatic carbocycles. The molecule has 0 N–H and O–H groups in total. The van der Waals surface area contributed by atoms with Gasteiger partial charge in [-0.3, -0.25) is 4.79 Å². The number of nitrogens with zero attached hydrogens (tertiary/aromatic N) is 2. The zero-order valence-corrected chi connectivity index (χ0v) is 13.6. The summed E-state index contributed by atoms with van der Waals surface area (Å²) in [5.41, 5.74) is 0. The first-order valence-corrected chi connectivity index (χ1v) is 8.27. The van der Waals surface area contributed by atoms with Crippen LogP contribution < -0.4 is 0 Å². The highest BCUT2D eigenvalue weighted by atomic mass is 32.2. The van der Waals surface area contributed by atoms with Crippen LogP contribution in [-0.4, -0.2) is 60.3 Å². The average molecular weight is 344 g/mol. The van der Waals surface area contributed by atoms with Crippen LogP contribution in [0, 0.1) is 11.6 Å². The average Bonchev–Trinajstić information content (AvgIpc) is 2.56. The number of hydrogen-bond donors (Lipinski definition) is 0. The van der Waals surface area contributed by atoms with E-state index in [1.807, 2.05) is 0 Å². The van der Waals surface area contributed by atoms with Crippen molar-refractivity contribution in [1.29, 1.82) is 0 Å². The Kier molecular flexibility index (Phi) is 6.20. The first-order valence-electron chi connectivity index (χ1n) is 7.28. The van der Waals surface area contributed by atoms with Crippen LogP contribution in [0.3, 0.4) is 0 Å². The van der Waals surface area contributed by atoms with Crippen molar-refractivity contribution in [3.05, 3.63) is 29.8 Å². The highest BCUT2D eigenvalue weighted by Gasteiger charge is 2.24. The maximum absolute atomic E-state index is 13.1. The fourth-order valence-electron chi connectivity index (χ4n) is 2.16. The van der Waals surface area contributed by atoms with Crippen LogP contribution in [0.2, 0.25) is 0 Å². The Morgan fingerprint density at radius 2 is 1.78 bits per heavy atom. The molecule has 1 fully saturated rings. The minimum Gasteiger partial charge on any atom is -0.450 e. The third-order valence-corrected chi connectivity index (χ3v) is 4.39. The molecule has 2 rings (SSSR count). The van der Waals surface area contributed by atoms with Crippen LogP contribution in [0.25, 0.3) is 0 Å². The number of carbonyl (C=O) groups is 2. The van der Waals surface area contributed by atoms with Gasteiger partial charge in [-0.05, 0) is 25.1 Å². The van der Waals surface area contributed by atoms with Gasteiger partial charge in [-0.15, -0.1) is 11.8 Å². The molecule has 0 bridgehead atoms. The van der Waals surface area contributed by atoms with Gasteiger partial charge in [0.1, 0.15) is 0 Å². The number of carbonyl (C=O) groups excluding carboxylic acids is 2. The lowest BCUT2D eigenvalue weighted by molar-refractivity contribution is -0.129. The Morgan fingerprint density at radius 3 is 2.39 bits per heavy atom. The van der Waals surface area contributed by atoms with Gasteiger partial charge in [-0.1, -0.05) is 0 Å². The number of amides is 2. The van der Waals surface area contributed by atoms with E-state index in [4.69, 9.17) is 4.74 Å². The molecule has 0 spiro atoms. The minimum absolute atomic E-state index is 0.0942. The number of ether oxygens (including phenoxy) is 1. The Hall–Kier alpha value is -1.83. The van der Waals surface area contributed by atoms with E-state index in [9.17, 15) is 18.4 Å². The van der Waals surface area contributed by atoms with E-state index in [1.54, 1.807) is 16.7 Å². The lowest BCUT2D eigenvalue weighted by Gasteiger charge is -2.34. The molecule has 0 saturated carbocycles. The normalized spacial score (nSPS) is 14.7. The molecule has 23 heavy (non-hydrogen) atoms. The molecule has 126 valence electrons. The van der Waals surface area contributed by atoms with Crippen LogP contribution in [-0.2, 0) is 9.53 Å². The largest absolute Gasteiger partial charge is 0.450 e. The van der Waals surface area contributed by atoms with E-state index in [0.717, 1.165) is 23.9 Å². The van der Waals surface area contributed by atoms with Gasteiger partial charge in [-0.2, -0.15) is 0 Å². The van der Waals surface area contributed by atoms with Crippen molar-refractivity contribution in [1.82, 2.24) is 9.80 Å². The Bertz CT molecular complexity index is 578. The summed E-state index contributed by atoms with van der Waals surface area (Å²) in [6.45, 7) is 3.81. The van der Waals surface area contributed by atoms with Crippen molar-refractivity contribution >= 4 is 23.8 Å². The molecule has 1 aromatic rings. The summed E-state index contributed by atoms with van der Waals surface area (Å²) < 4.78 is 30.9. The van der Waals surface area contributed by atoms with E-state index in [-0.39, 0.29) is 17.8 Å². The van der Waals surface area contributed by atoms with Crippen LogP contribution in [0.15, 0.2) is 23.1 Å². The molecule has 0 atom stereocenters. The molecule has 8 heteroatoms. The highest BCUT2D eigenvalue weighted by Crippen LogP contribution is 2.21. The minimum atomic E-state index is -0.925. The summed E-state index contributed by atoms with van der Waals surface area (Å²) in [7, 11) is 0. The van der Waals surface area contributed by atoms with Crippen molar-refractivity contribution in [2.45, 2.75) is 11.8 Å². The summed E-state index contributed by atoms with van der Waals surface area (Å²) in [4.78, 5) is 27.4. The molecule has 1 aromatic carbocycles. The van der Waals surface area contributed by atoms with Crippen molar-refractivity contribution in [3.8, 4) is 0 Å². The molecule has 5 nitrogen and oxygen atoms in total. The van der Waals surface area contributed by atoms with E-state index in [2.05, 4.69) is 0 Å². The summed E-state index contributed by atoms with van der Waals surface area (Å²) in [5, 5.41) is 0. The third kappa shape index (κ3) is 4.82. The van der Waals surface area contributed by atoms with Crippen LogP contribution >= 0.6 is 11.8 Å². The molecule has 1 saturated heterocycles. The summed E-state index contributed by atoms with van der Waals surface area (Å²) >= 11 is 1.16. The van der Waals surface area contributed by atoms with Gasteiger partial charge in [0.25, 0.3) is 0 Å². The van der Waals surface area contributed by atoms with E-state index >= 15 is 0 Å². The number of hydrogen-bond acceptors (Lipinski definition) is 4. The van der Waals surface area contributed by atoms with Gasteiger partial charge in [0.2, 0.25) is 5.91 Å². The maximum atomic E-state index is 13.1. The maximum Gasteiger partial charge on any atom is 0.409 e. The number of rotatable bonds is 4. The highest BCUT2D eigenvalue weighted by molar-refractivity contribution is 8.00. The standard InChI is InChI=1S/C15H18F2N2O3S/c1-2-22-15(21)19-7-5-18(6-8-19)14(20)10-23-11-3-4-12(16)13(17)9-11/h3-4,9H,2,5-8,10H2,1H3. The number of benzene rings is 1. The molecule has 1 aliphatic rings. The second-order valence-electron chi connectivity index (χ2n) is 4.93. The molecular formula is C15H18F2N2O3S. The van der Waals surface area contributed by atoms with Gasteiger partial charge < -0.3 is 14.5 Å². The Labute approximate surface area is 137 Å². The van der Waals surface area contributed by atoms with Crippen LogP contribution in [0.5, 0.6) is 0 Å². The van der Waals surface area contributed by atoms with E-state index in [1.165, 1.54) is 6.07 Å². The van der Waals surface area contributed by atoms with Gasteiger partial charge in [0.15, 0.2) is 11.6 Å². The molecule has 1 heterocycles. The van der Waals surface area contributed by atoms with Crippen molar-refractivity contribution in [2.75, 3.05) is 38.5 Å². The van der Waals surface area contributed by atoms with Gasteiger partial charge in [0.05, 0.1) is 12.4 Å². The zero-order valence-electron chi connectivity index (χ0n) is 12.8. The fraction of sp³-hybridized carbons (Fsp3) is 0.467. The summed E-state index contributed by atoms with van der Waals surface area (Å²) in [6, 6.07) is 3.56. The number of thioether (sulfide) groups is 1. The van der Waals surface area contributed by atoms with E-state index < -0.39 is 11.6 Å². The summed E-state index contributed by atoms with van der Waals surface area (Å²) in [5.74, 6) is -1.78. The van der Waals surface area contributed by atoms with Gasteiger partial charge in [-0.25, -0.2) is 13.6 Å². The van der Waals surface area contributed by atoms with E-state index in [0.29, 0.717) is 37.7 Å². The quantitative estimate of drug-likeness (QED) is 0.787. The van der Waals surface area contributed by atoms with Gasteiger partial charge in [0, 0.05) is 31.1 Å². The van der Waals surface area contributed by atoms with Crippen LogP contribution in [0.1, 0.15) is 6.92 Å². The third-order valence-electron chi connectivity index (χ3n) is 3.41. The van der Waals surface area contributed by atoms with Crippen molar-refractivity contribution in [3.63, 3.8) is 0 Å². The SMILES string of the molecule is CCOC(=O)N1CCN(C(=O)CSc2ccc(F)c(F)c2)CC1. The first-order chi connectivity index (χ1) is 11.0. The molecule has 0 aromatic heterocycles. The lowest BCUT2D eigenvalue weighted by Crippen LogP contribution is -2.51. The second kappa shape index (κ2) is 8.14. The second-order valence-corrected chi connectivity index (χ2v) is 5.98. The fourth-order valence-corrected chi connectivity index (χ4v) is 2.98.